The van der Waals surface area contributed by atoms with Gasteiger partial charge in [0, 0.05) is 38.8 Å². The fraction of sp³-hybridized carbons (Fsp3) is 0.636. The number of sulfonamides is 1. The second kappa shape index (κ2) is 10.3. The van der Waals surface area contributed by atoms with Gasteiger partial charge in [0.05, 0.1) is 24.0 Å². The molecule has 3 aliphatic rings. The van der Waals surface area contributed by atoms with Crippen LogP contribution in [0.5, 0.6) is 11.5 Å². The first-order valence-corrected chi connectivity index (χ1v) is 12.9. The summed E-state index contributed by atoms with van der Waals surface area (Å²) in [5.41, 5.74) is 0. The van der Waals surface area contributed by atoms with Crippen LogP contribution in [0.15, 0.2) is 23.1 Å². The van der Waals surface area contributed by atoms with E-state index in [0.29, 0.717) is 51.0 Å². The molecule has 33 heavy (non-hydrogen) atoms. The van der Waals surface area contributed by atoms with E-state index in [1.165, 1.54) is 16.4 Å². The molecule has 1 unspecified atom stereocenters. The lowest BCUT2D eigenvalue weighted by Gasteiger charge is -2.36. The summed E-state index contributed by atoms with van der Waals surface area (Å²) in [6, 6.07) is 4.64. The summed E-state index contributed by atoms with van der Waals surface area (Å²) in [6.07, 6.45) is 1.62. The summed E-state index contributed by atoms with van der Waals surface area (Å²) >= 11 is 0. The van der Waals surface area contributed by atoms with E-state index in [0.717, 1.165) is 19.4 Å². The molecule has 182 valence electrons. The number of ether oxygens (including phenoxy) is 3. The van der Waals surface area contributed by atoms with Crippen LogP contribution in [0.1, 0.15) is 19.8 Å². The van der Waals surface area contributed by atoms with E-state index in [-0.39, 0.29) is 42.3 Å². The van der Waals surface area contributed by atoms with Crippen LogP contribution < -0.4 is 9.47 Å². The number of esters is 1. The molecule has 1 aromatic rings. The minimum absolute atomic E-state index is 0.0455. The van der Waals surface area contributed by atoms with Crippen molar-refractivity contribution in [1.82, 2.24) is 14.1 Å². The number of benzene rings is 1. The second-order valence-electron chi connectivity index (χ2n) is 8.42. The average molecular weight is 482 g/mol. The van der Waals surface area contributed by atoms with Crippen molar-refractivity contribution >= 4 is 21.9 Å². The molecule has 0 bridgehead atoms. The van der Waals surface area contributed by atoms with Crippen molar-refractivity contribution in [3.63, 3.8) is 0 Å². The van der Waals surface area contributed by atoms with Gasteiger partial charge in [-0.25, -0.2) is 8.42 Å². The summed E-state index contributed by atoms with van der Waals surface area (Å²) in [4.78, 5) is 28.7. The third kappa shape index (κ3) is 5.42. The maximum Gasteiger partial charge on any atom is 0.310 e. The van der Waals surface area contributed by atoms with Crippen molar-refractivity contribution < 1.29 is 32.2 Å². The number of fused-ring (bicyclic) bond motifs is 1. The van der Waals surface area contributed by atoms with Crippen LogP contribution in [0.25, 0.3) is 0 Å². The Morgan fingerprint density at radius 1 is 1.06 bits per heavy atom. The summed E-state index contributed by atoms with van der Waals surface area (Å²) in [5.74, 6) is 0.528. The van der Waals surface area contributed by atoms with Gasteiger partial charge >= 0.3 is 5.97 Å². The third-order valence-electron chi connectivity index (χ3n) is 6.23. The van der Waals surface area contributed by atoms with Crippen LogP contribution >= 0.6 is 0 Å². The molecule has 2 fully saturated rings. The predicted octanol–water partition coefficient (Wildman–Crippen LogP) is 0.566. The van der Waals surface area contributed by atoms with Gasteiger partial charge in [0.15, 0.2) is 11.5 Å². The zero-order valence-electron chi connectivity index (χ0n) is 18.9. The lowest BCUT2D eigenvalue weighted by molar-refractivity contribution is -0.150. The average Bonchev–Trinajstić information content (AvgIpc) is 2.84. The molecule has 4 rings (SSSR count). The number of carbonyl (C=O) groups is 2. The van der Waals surface area contributed by atoms with Crippen LogP contribution in [-0.4, -0.2) is 100 Å². The van der Waals surface area contributed by atoms with Crippen LogP contribution in [0.2, 0.25) is 0 Å². The molecule has 3 aliphatic heterocycles. The zero-order valence-corrected chi connectivity index (χ0v) is 19.7. The molecule has 1 atom stereocenters. The van der Waals surface area contributed by atoms with E-state index in [1.54, 1.807) is 17.9 Å². The van der Waals surface area contributed by atoms with Crippen LogP contribution in [0.4, 0.5) is 0 Å². The number of likely N-dealkylation sites (tertiary alicyclic amines) is 1. The molecule has 0 aromatic heterocycles. The summed E-state index contributed by atoms with van der Waals surface area (Å²) in [6.45, 7) is 5.60. The Hall–Kier alpha value is -2.37. The number of hydrogen-bond donors (Lipinski definition) is 0. The van der Waals surface area contributed by atoms with Gasteiger partial charge in [-0.1, -0.05) is 0 Å². The topological polar surface area (TPSA) is 106 Å². The second-order valence-corrected chi connectivity index (χ2v) is 10.4. The van der Waals surface area contributed by atoms with Crippen molar-refractivity contribution in [2.75, 3.05) is 65.6 Å². The lowest BCUT2D eigenvalue weighted by atomic mass is 9.98. The molecule has 2 saturated heterocycles. The fourth-order valence-electron chi connectivity index (χ4n) is 4.45. The van der Waals surface area contributed by atoms with E-state index in [9.17, 15) is 18.0 Å². The van der Waals surface area contributed by atoms with Gasteiger partial charge < -0.3 is 19.1 Å². The maximum atomic E-state index is 13.1. The zero-order chi connectivity index (χ0) is 23.4. The molecule has 0 radical (unpaired) electrons. The predicted molar refractivity (Wildman–Crippen MR) is 119 cm³/mol. The van der Waals surface area contributed by atoms with Crippen LogP contribution in [0.3, 0.4) is 0 Å². The van der Waals surface area contributed by atoms with E-state index >= 15 is 0 Å². The highest BCUT2D eigenvalue weighted by atomic mass is 32.2. The van der Waals surface area contributed by atoms with Crippen LogP contribution in [0, 0.1) is 5.92 Å². The number of nitrogens with zero attached hydrogens (tertiary/aromatic N) is 3. The highest BCUT2D eigenvalue weighted by Gasteiger charge is 2.33. The Kier molecular flexibility index (Phi) is 7.40. The van der Waals surface area contributed by atoms with Gasteiger partial charge in [0.1, 0.15) is 13.2 Å². The van der Waals surface area contributed by atoms with Gasteiger partial charge in [0.25, 0.3) is 0 Å². The van der Waals surface area contributed by atoms with E-state index in [4.69, 9.17) is 14.2 Å². The summed E-state index contributed by atoms with van der Waals surface area (Å²) in [7, 11) is -3.70. The summed E-state index contributed by atoms with van der Waals surface area (Å²) in [5, 5.41) is 0. The standard InChI is InChI=1S/C22H31N3O7S/c1-2-30-22(27)17-4-3-7-23(15-17)16-21(26)24-8-10-25(11-9-24)33(28,29)18-5-6-19-20(14-18)32-13-12-31-19/h5-6,14,17H,2-4,7-13,15-16H2,1H3. The highest BCUT2D eigenvalue weighted by Crippen LogP contribution is 2.33. The van der Waals surface area contributed by atoms with E-state index in [1.807, 2.05) is 4.90 Å². The molecule has 0 saturated carbocycles. The van der Waals surface area contributed by atoms with Crippen LogP contribution in [-0.2, 0) is 24.3 Å². The van der Waals surface area contributed by atoms with Crippen molar-refractivity contribution in [3.8, 4) is 11.5 Å². The van der Waals surface area contributed by atoms with Crippen molar-refractivity contribution in [2.45, 2.75) is 24.7 Å². The van der Waals surface area contributed by atoms with Crippen molar-refractivity contribution in [1.29, 1.82) is 0 Å². The molecule has 10 nitrogen and oxygen atoms in total. The van der Waals surface area contributed by atoms with Gasteiger partial charge in [-0.05, 0) is 38.4 Å². The summed E-state index contributed by atoms with van der Waals surface area (Å²) < 4.78 is 43.7. The molecule has 0 N–H and O–H groups in total. The van der Waals surface area contributed by atoms with E-state index in [2.05, 4.69) is 0 Å². The van der Waals surface area contributed by atoms with Gasteiger partial charge in [-0.15, -0.1) is 0 Å². The van der Waals surface area contributed by atoms with Gasteiger partial charge in [0.2, 0.25) is 15.9 Å². The Morgan fingerprint density at radius 2 is 1.79 bits per heavy atom. The molecular weight excluding hydrogens is 450 g/mol. The van der Waals surface area contributed by atoms with E-state index < -0.39 is 10.0 Å². The Balaban J connectivity index is 1.31. The molecule has 0 aliphatic carbocycles. The van der Waals surface area contributed by atoms with Crippen molar-refractivity contribution in [2.24, 2.45) is 5.92 Å². The highest BCUT2D eigenvalue weighted by molar-refractivity contribution is 7.89. The SMILES string of the molecule is CCOC(=O)C1CCCN(CC(=O)N2CCN(S(=O)(=O)c3ccc4c(c3)OCCO4)CC2)C1. The number of piperidine rings is 1. The van der Waals surface area contributed by atoms with Gasteiger partial charge in [-0.3, -0.25) is 14.5 Å². The van der Waals surface area contributed by atoms with Crippen molar-refractivity contribution in [3.05, 3.63) is 18.2 Å². The third-order valence-corrected chi connectivity index (χ3v) is 8.12. The number of rotatable bonds is 6. The monoisotopic (exact) mass is 481 g/mol. The molecule has 3 heterocycles. The molecule has 1 amide bonds. The number of hydrogen-bond acceptors (Lipinski definition) is 8. The largest absolute Gasteiger partial charge is 0.486 e. The number of amides is 1. The first kappa shape index (κ1) is 23.8. The Labute approximate surface area is 194 Å². The number of piperazine rings is 1. The molecular formula is C22H31N3O7S. The molecule has 11 heteroatoms. The maximum absolute atomic E-state index is 13.1. The normalized spacial score (nSPS) is 22.1. The lowest BCUT2D eigenvalue weighted by Crippen LogP contribution is -2.53. The van der Waals surface area contributed by atoms with Gasteiger partial charge in [-0.2, -0.15) is 4.31 Å². The first-order chi connectivity index (χ1) is 15.9. The quantitative estimate of drug-likeness (QED) is 0.543. The molecule has 0 spiro atoms. The Morgan fingerprint density at radius 3 is 2.52 bits per heavy atom. The first-order valence-electron chi connectivity index (χ1n) is 11.4. The molecule has 1 aromatic carbocycles. The minimum atomic E-state index is -3.70. The smallest absolute Gasteiger partial charge is 0.310 e. The fourth-order valence-corrected chi connectivity index (χ4v) is 5.89. The minimum Gasteiger partial charge on any atom is -0.486 e. The number of carbonyl (C=O) groups excluding carboxylic acids is 2. The Bertz CT molecular complexity index is 976.